The number of nitrogens with one attached hydrogen (secondary N) is 1. The van der Waals surface area contributed by atoms with Crippen LogP contribution in [0.15, 0.2) is 54.2 Å². The van der Waals surface area contributed by atoms with Crippen LogP contribution >= 0.6 is 0 Å². The van der Waals surface area contributed by atoms with Gasteiger partial charge in [0, 0.05) is 36.7 Å². The second kappa shape index (κ2) is 11.1. The fourth-order valence-corrected chi connectivity index (χ4v) is 6.65. The first kappa shape index (κ1) is 29.6. The van der Waals surface area contributed by atoms with Crippen LogP contribution in [0.2, 0.25) is 0 Å². The van der Waals surface area contributed by atoms with Gasteiger partial charge in [0.1, 0.15) is 6.23 Å². The zero-order valence-corrected chi connectivity index (χ0v) is 22.6. The number of nitrogens with zero attached hydrogens (tertiary/aromatic N) is 1. The fraction of sp³-hybridized carbons (Fsp3) is 0.500. The Morgan fingerprint density at radius 1 is 0.976 bits per heavy atom. The van der Waals surface area contributed by atoms with E-state index < -0.39 is 41.9 Å². The van der Waals surface area contributed by atoms with Gasteiger partial charge in [-0.3, -0.25) is 4.79 Å². The molecule has 2 heterocycles. The normalized spacial score (nSPS) is 27.9. The molecule has 1 saturated carbocycles. The van der Waals surface area contributed by atoms with E-state index in [1.807, 2.05) is 36.1 Å². The maximum atomic E-state index is 13.5. The van der Waals surface area contributed by atoms with E-state index in [1.54, 1.807) is 6.08 Å². The monoisotopic (exact) mass is 582 g/mol. The van der Waals surface area contributed by atoms with E-state index in [9.17, 15) is 36.2 Å². The minimum atomic E-state index is -4.95. The first-order valence-corrected chi connectivity index (χ1v) is 13.6. The van der Waals surface area contributed by atoms with Gasteiger partial charge in [-0.1, -0.05) is 24.3 Å². The number of alkyl halides is 6. The lowest BCUT2D eigenvalue weighted by Crippen LogP contribution is -2.41. The first-order valence-electron chi connectivity index (χ1n) is 13.6. The van der Waals surface area contributed by atoms with Crippen LogP contribution in [-0.2, 0) is 21.9 Å². The molecule has 0 radical (unpaired) electrons. The predicted molar refractivity (Wildman–Crippen MR) is 139 cm³/mol. The number of aryl methyl sites for hydroxylation is 1. The van der Waals surface area contributed by atoms with Crippen molar-refractivity contribution in [3.8, 4) is 0 Å². The summed E-state index contributed by atoms with van der Waals surface area (Å²) in [6.45, 7) is 4.51. The van der Waals surface area contributed by atoms with Crippen LogP contribution in [0, 0.1) is 18.8 Å². The molecule has 11 heteroatoms. The Hall–Kier alpha value is -2.89. The Morgan fingerprint density at radius 3 is 2.24 bits per heavy atom. The molecule has 2 fully saturated rings. The highest BCUT2D eigenvalue weighted by atomic mass is 19.4. The minimum absolute atomic E-state index is 0.0851. The van der Waals surface area contributed by atoms with E-state index in [2.05, 4.69) is 5.32 Å². The van der Waals surface area contributed by atoms with Crippen LogP contribution in [0.5, 0.6) is 0 Å². The number of rotatable bonds is 5. The molecule has 2 aliphatic heterocycles. The summed E-state index contributed by atoms with van der Waals surface area (Å²) in [5, 5.41) is 14.4. The number of benzene rings is 2. The number of likely N-dealkylation sites (tertiary alicyclic amines) is 1. The molecule has 5 rings (SSSR count). The van der Waals surface area contributed by atoms with E-state index in [0.717, 1.165) is 23.3 Å². The molecule has 1 unspecified atom stereocenters. The standard InChI is InChI=1S/C30H32F6N2O3/c1-16-5-3-4-6-23(16)27-25-15-38(21-12-22(39)14-37-13-21)28(40)24(25)7-8-26(27)41-17(2)18-9-19(29(31,32)33)11-20(10-18)30(34,35)36/h3-6,9-12,17,24-28,37,40H,7-8,13-15H2,1-2H3/t17-,24+,25-,26+,27+,28?/m1/s1. The molecule has 2 aromatic carbocycles. The highest BCUT2D eigenvalue weighted by Crippen LogP contribution is 2.51. The van der Waals surface area contributed by atoms with Gasteiger partial charge in [-0.05, 0) is 67.5 Å². The van der Waals surface area contributed by atoms with Crippen molar-refractivity contribution in [1.82, 2.24) is 10.2 Å². The number of halogens is 6. The van der Waals surface area contributed by atoms with E-state index in [0.29, 0.717) is 31.6 Å². The average molecular weight is 583 g/mol. The fourth-order valence-electron chi connectivity index (χ4n) is 6.65. The Kier molecular flexibility index (Phi) is 7.99. The van der Waals surface area contributed by atoms with Gasteiger partial charge in [-0.25, -0.2) is 0 Å². The molecule has 2 N–H and O–H groups in total. The third-order valence-electron chi connectivity index (χ3n) is 8.61. The van der Waals surface area contributed by atoms with Crippen LogP contribution in [0.4, 0.5) is 26.3 Å². The minimum Gasteiger partial charge on any atom is -0.373 e. The quantitative estimate of drug-likeness (QED) is 0.425. The van der Waals surface area contributed by atoms with Crippen LogP contribution in [0.25, 0.3) is 0 Å². The summed E-state index contributed by atoms with van der Waals surface area (Å²) >= 11 is 0. The Bertz CT molecular complexity index is 1290. The van der Waals surface area contributed by atoms with E-state index in [-0.39, 0.29) is 41.7 Å². The molecule has 0 aromatic heterocycles. The van der Waals surface area contributed by atoms with E-state index in [4.69, 9.17) is 4.74 Å². The van der Waals surface area contributed by atoms with Gasteiger partial charge in [-0.2, -0.15) is 26.3 Å². The smallest absolute Gasteiger partial charge is 0.373 e. The molecule has 0 bridgehead atoms. The van der Waals surface area contributed by atoms with Crippen molar-refractivity contribution in [3.05, 3.63) is 82.1 Å². The van der Waals surface area contributed by atoms with Crippen molar-refractivity contribution < 1.29 is 41.0 Å². The number of ketones is 1. The van der Waals surface area contributed by atoms with Gasteiger partial charge in [0.05, 0.1) is 29.9 Å². The van der Waals surface area contributed by atoms with Crippen LogP contribution in [0.1, 0.15) is 59.6 Å². The van der Waals surface area contributed by atoms with Gasteiger partial charge in [0.25, 0.3) is 0 Å². The Balaban J connectivity index is 1.48. The zero-order valence-electron chi connectivity index (χ0n) is 22.6. The van der Waals surface area contributed by atoms with Crippen molar-refractivity contribution in [2.75, 3.05) is 19.6 Å². The summed E-state index contributed by atoms with van der Waals surface area (Å²) in [6, 6.07) is 9.21. The van der Waals surface area contributed by atoms with E-state index >= 15 is 0 Å². The second-order valence-corrected chi connectivity index (χ2v) is 11.2. The number of fused-ring (bicyclic) bond motifs is 1. The number of hydrogen-bond acceptors (Lipinski definition) is 5. The summed E-state index contributed by atoms with van der Waals surface area (Å²) in [5.41, 5.74) is -0.338. The summed E-state index contributed by atoms with van der Waals surface area (Å²) in [6.07, 6.45) is -9.77. The average Bonchev–Trinajstić information content (AvgIpc) is 3.24. The molecule has 0 amide bonds. The molecule has 41 heavy (non-hydrogen) atoms. The van der Waals surface area contributed by atoms with Crippen molar-refractivity contribution in [2.45, 2.75) is 63.4 Å². The molecule has 6 atom stereocenters. The lowest BCUT2D eigenvalue weighted by Gasteiger charge is -2.41. The molecule has 1 aliphatic carbocycles. The van der Waals surface area contributed by atoms with Crippen LogP contribution in [0.3, 0.4) is 0 Å². The number of carbonyl (C=O) groups excluding carboxylic acids is 1. The molecule has 0 spiro atoms. The van der Waals surface area contributed by atoms with Gasteiger partial charge in [0.2, 0.25) is 0 Å². The summed E-state index contributed by atoms with van der Waals surface area (Å²) in [7, 11) is 0. The molecular formula is C30H32F6N2O3. The molecule has 2 aromatic rings. The number of aliphatic hydroxyl groups excluding tert-OH is 1. The molecule has 1 saturated heterocycles. The van der Waals surface area contributed by atoms with Gasteiger partial charge in [0.15, 0.2) is 5.78 Å². The highest BCUT2D eigenvalue weighted by molar-refractivity contribution is 5.92. The van der Waals surface area contributed by atoms with Gasteiger partial charge < -0.3 is 20.1 Å². The Morgan fingerprint density at radius 2 is 1.63 bits per heavy atom. The second-order valence-electron chi connectivity index (χ2n) is 11.2. The topological polar surface area (TPSA) is 61.8 Å². The molecular weight excluding hydrogens is 550 g/mol. The molecule has 3 aliphatic rings. The third kappa shape index (κ3) is 6.03. The number of ether oxygens (including phenoxy) is 1. The van der Waals surface area contributed by atoms with Crippen molar-refractivity contribution >= 4 is 5.78 Å². The molecule has 222 valence electrons. The zero-order chi connectivity index (χ0) is 29.7. The number of hydrogen-bond donors (Lipinski definition) is 2. The Labute approximate surface area is 234 Å². The van der Waals surface area contributed by atoms with E-state index in [1.165, 1.54) is 6.92 Å². The molecule has 5 nitrogen and oxygen atoms in total. The largest absolute Gasteiger partial charge is 0.416 e. The number of aliphatic hydroxyl groups is 1. The summed E-state index contributed by atoms with van der Waals surface area (Å²) in [4.78, 5) is 13.9. The maximum absolute atomic E-state index is 13.5. The highest BCUT2D eigenvalue weighted by Gasteiger charge is 2.51. The summed E-state index contributed by atoms with van der Waals surface area (Å²) < 4.78 is 87.5. The van der Waals surface area contributed by atoms with Crippen molar-refractivity contribution in [2.24, 2.45) is 11.8 Å². The lowest BCUT2D eigenvalue weighted by atomic mass is 9.68. The predicted octanol–water partition coefficient (Wildman–Crippen LogP) is 5.98. The SMILES string of the molecule is Cc1ccccc1[C@H]1[C@@H]2CN(C3=CC(=O)CNC3)C(O)[C@H]2CC[C@@H]1O[C@H](C)c1cc(C(F)(F)F)cc(C(F)(F)F)c1. The summed E-state index contributed by atoms with van der Waals surface area (Å²) in [5.74, 6) is -0.642. The number of carbonyl (C=O) groups is 1. The van der Waals surface area contributed by atoms with Gasteiger partial charge >= 0.3 is 12.4 Å². The van der Waals surface area contributed by atoms with Crippen LogP contribution in [-0.4, -0.2) is 47.8 Å². The first-order chi connectivity index (χ1) is 19.2. The third-order valence-corrected chi connectivity index (χ3v) is 8.61. The van der Waals surface area contributed by atoms with Gasteiger partial charge in [-0.15, -0.1) is 0 Å². The van der Waals surface area contributed by atoms with Crippen molar-refractivity contribution in [1.29, 1.82) is 0 Å². The lowest BCUT2D eigenvalue weighted by molar-refractivity contribution is -0.143. The maximum Gasteiger partial charge on any atom is 0.416 e. The van der Waals surface area contributed by atoms with Crippen molar-refractivity contribution in [3.63, 3.8) is 0 Å². The van der Waals surface area contributed by atoms with Crippen LogP contribution < -0.4 is 5.32 Å².